The minimum Gasteiger partial charge on any atom is -0.488 e. The molecule has 0 aromatic carbocycles. The van der Waals surface area contributed by atoms with Gasteiger partial charge in [0.15, 0.2) is 17.4 Å². The number of nitrogens with zero attached hydrogens (tertiary/aromatic N) is 7. The Balaban J connectivity index is 1.38. The monoisotopic (exact) mass is 432 g/mol. The molecule has 0 bridgehead atoms. The van der Waals surface area contributed by atoms with Gasteiger partial charge in [-0.2, -0.15) is 15.3 Å². The number of anilines is 2. The van der Waals surface area contributed by atoms with Gasteiger partial charge in [0.2, 0.25) is 0 Å². The smallest absolute Gasteiger partial charge is 0.165 e. The van der Waals surface area contributed by atoms with Crippen LogP contribution in [0.5, 0.6) is 5.75 Å². The van der Waals surface area contributed by atoms with E-state index in [1.165, 1.54) is 6.42 Å². The van der Waals surface area contributed by atoms with E-state index in [1.54, 1.807) is 6.20 Å². The third kappa shape index (κ3) is 3.80. The van der Waals surface area contributed by atoms with Crippen molar-refractivity contribution in [2.75, 3.05) is 25.0 Å². The maximum Gasteiger partial charge on any atom is 0.165 e. The fraction of sp³-hybridized carbons (Fsp3) is 0.391. The van der Waals surface area contributed by atoms with Gasteiger partial charge in [0.05, 0.1) is 17.4 Å². The van der Waals surface area contributed by atoms with E-state index in [2.05, 4.69) is 43.6 Å². The highest BCUT2D eigenvalue weighted by atomic mass is 16.5. The highest BCUT2D eigenvalue weighted by molar-refractivity contribution is 5.72. The minimum absolute atomic E-state index is 0.493. The summed E-state index contributed by atoms with van der Waals surface area (Å²) in [7, 11) is 1.94. The largest absolute Gasteiger partial charge is 0.488 e. The molecule has 4 aromatic rings. The summed E-state index contributed by atoms with van der Waals surface area (Å²) < 4.78 is 9.89. The Bertz CT molecular complexity index is 1260. The Morgan fingerprint density at radius 3 is 2.78 bits per heavy atom. The number of hydrogen-bond acceptors (Lipinski definition) is 7. The second kappa shape index (κ2) is 8.23. The summed E-state index contributed by atoms with van der Waals surface area (Å²) in [5.41, 5.74) is 4.96. The maximum atomic E-state index is 6.19. The third-order valence-electron chi connectivity index (χ3n) is 6.23. The third-order valence-corrected chi connectivity index (χ3v) is 6.23. The maximum absolute atomic E-state index is 6.19. The Hall–Kier alpha value is -3.46. The Morgan fingerprint density at radius 1 is 1.16 bits per heavy atom. The van der Waals surface area contributed by atoms with Crippen LogP contribution in [0.2, 0.25) is 0 Å². The van der Waals surface area contributed by atoms with Gasteiger partial charge in [0.1, 0.15) is 12.3 Å². The van der Waals surface area contributed by atoms with Crippen LogP contribution in [0.3, 0.4) is 0 Å². The topological polar surface area (TPSA) is 85.4 Å². The number of likely N-dealkylation sites (tertiary alicyclic amines) is 1. The van der Waals surface area contributed by atoms with E-state index in [4.69, 9.17) is 4.74 Å². The second-order valence-corrected chi connectivity index (χ2v) is 8.30. The second-order valence-electron chi connectivity index (χ2n) is 8.30. The normalized spacial score (nSPS) is 16.3. The van der Waals surface area contributed by atoms with Gasteiger partial charge in [-0.05, 0) is 50.6 Å². The number of fused-ring (bicyclic) bond motifs is 1. The number of nitrogens with one attached hydrogen (secondary N) is 1. The summed E-state index contributed by atoms with van der Waals surface area (Å²) >= 11 is 0. The molecule has 1 aliphatic rings. The van der Waals surface area contributed by atoms with Crippen LogP contribution in [0.4, 0.5) is 11.6 Å². The van der Waals surface area contributed by atoms with Gasteiger partial charge < -0.3 is 10.1 Å². The number of ether oxygens (including phenoxy) is 1. The van der Waals surface area contributed by atoms with Crippen LogP contribution in [0, 0.1) is 13.8 Å². The van der Waals surface area contributed by atoms with E-state index >= 15 is 0 Å². The Labute approximate surface area is 187 Å². The lowest BCUT2D eigenvalue weighted by atomic mass is 10.0. The highest BCUT2D eigenvalue weighted by Gasteiger charge is 2.27. The van der Waals surface area contributed by atoms with Gasteiger partial charge in [-0.15, -0.1) is 5.10 Å². The van der Waals surface area contributed by atoms with Crippen LogP contribution in [-0.2, 0) is 7.05 Å². The van der Waals surface area contributed by atoms with Crippen molar-refractivity contribution in [3.8, 4) is 17.0 Å². The zero-order valence-corrected chi connectivity index (χ0v) is 18.9. The number of aromatic nitrogens is 6. The van der Waals surface area contributed by atoms with Gasteiger partial charge >= 0.3 is 0 Å². The molecule has 32 heavy (non-hydrogen) atoms. The SMILES string of the molecule is CCN1CCC1COc1cnn(C)c1-c1ccn2nc(Nc3cc(C)c(C)nn3)cc2c1. The average Bonchev–Trinajstić information content (AvgIpc) is 3.32. The minimum atomic E-state index is 0.493. The average molecular weight is 433 g/mol. The highest BCUT2D eigenvalue weighted by Crippen LogP contribution is 2.31. The summed E-state index contributed by atoms with van der Waals surface area (Å²) in [6.07, 6.45) is 4.94. The first-order chi connectivity index (χ1) is 15.5. The molecule has 0 saturated carbocycles. The molecule has 1 unspecified atom stereocenters. The number of pyridine rings is 1. The number of hydrogen-bond donors (Lipinski definition) is 1. The van der Waals surface area contributed by atoms with Crippen LogP contribution in [0.25, 0.3) is 16.8 Å². The van der Waals surface area contributed by atoms with Crippen molar-refractivity contribution in [2.24, 2.45) is 7.05 Å². The first-order valence-corrected chi connectivity index (χ1v) is 11.0. The summed E-state index contributed by atoms with van der Waals surface area (Å²) in [6, 6.07) is 8.58. The van der Waals surface area contributed by atoms with Gasteiger partial charge in [0, 0.05) is 37.5 Å². The molecule has 0 aliphatic carbocycles. The van der Waals surface area contributed by atoms with Gasteiger partial charge in [-0.3, -0.25) is 9.58 Å². The lowest BCUT2D eigenvalue weighted by Crippen LogP contribution is -2.50. The molecule has 5 rings (SSSR count). The molecular formula is C23H28N8O. The Morgan fingerprint density at radius 2 is 2.03 bits per heavy atom. The lowest BCUT2D eigenvalue weighted by Gasteiger charge is -2.39. The first kappa shape index (κ1) is 20.4. The standard InChI is InChI=1S/C23H28N8O/c1-5-30-8-7-18(30)14-32-20-13-24-29(4)23(20)17-6-9-31-19(11-17)12-22(28-31)25-21-10-15(2)16(3)26-27-21/h6,9-13,18H,5,7-8,14H2,1-4H3,(H,25,27,28). The summed E-state index contributed by atoms with van der Waals surface area (Å²) in [6.45, 7) is 9.07. The van der Waals surface area contributed by atoms with E-state index in [-0.39, 0.29) is 0 Å². The van der Waals surface area contributed by atoms with Crippen molar-refractivity contribution in [2.45, 2.75) is 33.2 Å². The van der Waals surface area contributed by atoms with Crippen molar-refractivity contribution in [1.29, 1.82) is 0 Å². The van der Waals surface area contributed by atoms with E-state index < -0.39 is 0 Å². The van der Waals surface area contributed by atoms with Crippen LogP contribution in [-0.4, -0.2) is 60.2 Å². The zero-order chi connectivity index (χ0) is 22.2. The molecule has 0 radical (unpaired) electrons. The van der Waals surface area contributed by atoms with Gasteiger partial charge in [-0.1, -0.05) is 6.92 Å². The van der Waals surface area contributed by atoms with E-state index in [9.17, 15) is 0 Å². The molecule has 1 saturated heterocycles. The van der Waals surface area contributed by atoms with E-state index in [0.29, 0.717) is 24.3 Å². The Kier molecular flexibility index (Phi) is 5.26. The lowest BCUT2D eigenvalue weighted by molar-refractivity contribution is 0.0563. The zero-order valence-electron chi connectivity index (χ0n) is 18.9. The molecule has 1 atom stereocenters. The van der Waals surface area contributed by atoms with Crippen LogP contribution in [0.1, 0.15) is 24.6 Å². The quantitative estimate of drug-likeness (QED) is 0.479. The van der Waals surface area contributed by atoms with Crippen LogP contribution < -0.4 is 10.1 Å². The van der Waals surface area contributed by atoms with E-state index in [1.807, 2.05) is 54.5 Å². The van der Waals surface area contributed by atoms with Crippen LogP contribution in [0.15, 0.2) is 36.7 Å². The summed E-state index contributed by atoms with van der Waals surface area (Å²) in [5, 5.41) is 20.7. The van der Waals surface area contributed by atoms with E-state index in [0.717, 1.165) is 46.9 Å². The molecule has 1 aliphatic heterocycles. The first-order valence-electron chi connectivity index (χ1n) is 11.0. The van der Waals surface area contributed by atoms with Gasteiger partial charge in [0.25, 0.3) is 0 Å². The fourth-order valence-corrected chi connectivity index (χ4v) is 4.08. The molecule has 4 aromatic heterocycles. The molecule has 9 heteroatoms. The molecule has 0 spiro atoms. The van der Waals surface area contributed by atoms with Crippen molar-refractivity contribution in [3.63, 3.8) is 0 Å². The molecule has 1 N–H and O–H groups in total. The molecule has 166 valence electrons. The van der Waals surface area contributed by atoms with Crippen LogP contribution >= 0.6 is 0 Å². The number of likely N-dealkylation sites (N-methyl/N-ethyl adjacent to an activating group) is 1. The van der Waals surface area contributed by atoms with Crippen molar-refractivity contribution >= 4 is 17.2 Å². The van der Waals surface area contributed by atoms with Crippen molar-refractivity contribution in [3.05, 3.63) is 47.9 Å². The predicted molar refractivity (Wildman–Crippen MR) is 123 cm³/mol. The summed E-state index contributed by atoms with van der Waals surface area (Å²) in [5.74, 6) is 2.20. The van der Waals surface area contributed by atoms with Crippen molar-refractivity contribution < 1.29 is 4.74 Å². The summed E-state index contributed by atoms with van der Waals surface area (Å²) in [4.78, 5) is 2.43. The fourth-order valence-electron chi connectivity index (χ4n) is 4.08. The molecule has 9 nitrogen and oxygen atoms in total. The van der Waals surface area contributed by atoms with Crippen molar-refractivity contribution in [1.82, 2.24) is 34.5 Å². The molecule has 5 heterocycles. The number of aryl methyl sites for hydroxylation is 3. The molecule has 0 amide bonds. The molecule has 1 fully saturated rings. The predicted octanol–water partition coefficient (Wildman–Crippen LogP) is 3.36. The molecular weight excluding hydrogens is 404 g/mol. The number of rotatable bonds is 7. The van der Waals surface area contributed by atoms with Gasteiger partial charge in [-0.25, -0.2) is 4.52 Å².